The number of carboxylic acids is 1. The molecule has 1 rings (SSSR count). The minimum atomic E-state index is -1.56. The van der Waals surface area contributed by atoms with Crippen molar-refractivity contribution in [1.29, 1.82) is 0 Å². The van der Waals surface area contributed by atoms with Crippen molar-refractivity contribution in [2.75, 3.05) is 13.7 Å². The molecule has 8 heteroatoms. The van der Waals surface area contributed by atoms with Crippen LogP contribution in [0, 0.1) is 0 Å². The van der Waals surface area contributed by atoms with Gasteiger partial charge < -0.3 is 20.3 Å². The maximum Gasteiger partial charge on any atom is 0.376 e. The van der Waals surface area contributed by atoms with Crippen LogP contribution in [0.25, 0.3) is 6.08 Å². The fourth-order valence-corrected chi connectivity index (χ4v) is 1.64. The Morgan fingerprint density at radius 2 is 2.05 bits per heavy atom. The molecule has 7 nitrogen and oxygen atoms in total. The lowest BCUT2D eigenvalue weighted by molar-refractivity contribution is -0.146. The van der Waals surface area contributed by atoms with Crippen LogP contribution in [-0.2, 0) is 14.4 Å². The molecule has 0 aliphatic carbocycles. The molecule has 0 heterocycles. The van der Waals surface area contributed by atoms with Crippen LogP contribution < -0.4 is 15.2 Å². The Bertz CT molecular complexity index is 611. The largest absolute Gasteiger partial charge is 0.493 e. The monoisotopic (exact) mass is 313 g/mol. The van der Waals surface area contributed by atoms with E-state index in [4.69, 9.17) is 31.9 Å². The first kappa shape index (κ1) is 16.5. The normalized spacial score (nSPS) is 10.4. The second kappa shape index (κ2) is 7.30. The molecule has 0 aromatic heterocycles. The number of rotatable bonds is 7. The van der Waals surface area contributed by atoms with Crippen LogP contribution in [0.5, 0.6) is 11.5 Å². The summed E-state index contributed by atoms with van der Waals surface area (Å²) >= 11 is 5.98. The SMILES string of the molecule is COc1cc(/C=C/C(=O)C(=O)O)cc(Cl)c1OCC(N)=O. The van der Waals surface area contributed by atoms with Crippen LogP contribution >= 0.6 is 11.6 Å². The molecule has 0 aliphatic rings. The summed E-state index contributed by atoms with van der Waals surface area (Å²) in [6.07, 6.45) is 2.15. The van der Waals surface area contributed by atoms with Crippen molar-refractivity contribution in [1.82, 2.24) is 0 Å². The van der Waals surface area contributed by atoms with Crippen LogP contribution in [0.2, 0.25) is 5.02 Å². The van der Waals surface area contributed by atoms with E-state index < -0.39 is 17.7 Å². The average molecular weight is 314 g/mol. The molecule has 0 saturated carbocycles. The lowest BCUT2D eigenvalue weighted by atomic mass is 10.1. The van der Waals surface area contributed by atoms with Crippen molar-refractivity contribution in [3.05, 3.63) is 28.8 Å². The van der Waals surface area contributed by atoms with Crippen molar-refractivity contribution >= 4 is 35.3 Å². The third-order valence-electron chi connectivity index (χ3n) is 2.25. The van der Waals surface area contributed by atoms with Crippen LogP contribution in [0.4, 0.5) is 0 Å². The van der Waals surface area contributed by atoms with E-state index in [1.54, 1.807) is 0 Å². The lowest BCUT2D eigenvalue weighted by Gasteiger charge is -2.12. The molecule has 0 saturated heterocycles. The highest BCUT2D eigenvalue weighted by Gasteiger charge is 2.13. The minimum Gasteiger partial charge on any atom is -0.493 e. The Morgan fingerprint density at radius 3 is 2.57 bits per heavy atom. The van der Waals surface area contributed by atoms with Crippen molar-refractivity contribution in [3.8, 4) is 11.5 Å². The van der Waals surface area contributed by atoms with Crippen molar-refractivity contribution in [3.63, 3.8) is 0 Å². The number of primary amides is 1. The predicted molar refractivity (Wildman–Crippen MR) is 74.4 cm³/mol. The summed E-state index contributed by atoms with van der Waals surface area (Å²) in [5.41, 5.74) is 5.40. The summed E-state index contributed by atoms with van der Waals surface area (Å²) in [4.78, 5) is 32.1. The van der Waals surface area contributed by atoms with Crippen LogP contribution in [0.15, 0.2) is 18.2 Å². The number of carbonyl (C=O) groups excluding carboxylic acids is 2. The van der Waals surface area contributed by atoms with Gasteiger partial charge in [0.2, 0.25) is 0 Å². The molecule has 1 aromatic carbocycles. The number of halogens is 1. The van der Waals surface area contributed by atoms with Crippen molar-refractivity contribution in [2.45, 2.75) is 0 Å². The van der Waals surface area contributed by atoms with Gasteiger partial charge in [0.25, 0.3) is 11.7 Å². The summed E-state index contributed by atoms with van der Waals surface area (Å²) in [6.45, 7) is -0.372. The third kappa shape index (κ3) is 4.81. The van der Waals surface area contributed by atoms with Gasteiger partial charge in [-0.25, -0.2) is 4.79 Å². The number of ether oxygens (including phenoxy) is 2. The van der Waals surface area contributed by atoms with E-state index in [0.29, 0.717) is 5.56 Å². The molecule has 0 unspecified atom stereocenters. The standard InChI is InChI=1S/C13H12ClNO6/c1-20-10-5-7(2-3-9(16)13(18)19)4-8(14)12(10)21-6-11(15)17/h2-5H,6H2,1H3,(H2,15,17)(H,18,19)/b3-2+. The Kier molecular flexibility index (Phi) is 5.74. The number of methoxy groups -OCH3 is 1. The van der Waals surface area contributed by atoms with E-state index in [9.17, 15) is 14.4 Å². The average Bonchev–Trinajstić information content (AvgIpc) is 2.42. The van der Waals surface area contributed by atoms with E-state index >= 15 is 0 Å². The quantitative estimate of drug-likeness (QED) is 0.570. The van der Waals surface area contributed by atoms with Gasteiger partial charge in [0.15, 0.2) is 18.1 Å². The lowest BCUT2D eigenvalue weighted by Crippen LogP contribution is -2.20. The molecule has 1 amide bonds. The van der Waals surface area contributed by atoms with Gasteiger partial charge in [0.1, 0.15) is 0 Å². The molecule has 0 fully saturated rings. The number of carboxylic acid groups (broad SMARTS) is 1. The van der Waals surface area contributed by atoms with Crippen molar-refractivity contribution < 1.29 is 29.0 Å². The fourth-order valence-electron chi connectivity index (χ4n) is 1.36. The Morgan fingerprint density at radius 1 is 1.38 bits per heavy atom. The molecule has 0 radical (unpaired) electrons. The van der Waals surface area contributed by atoms with Crippen molar-refractivity contribution in [2.24, 2.45) is 5.73 Å². The number of amides is 1. The van der Waals surface area contributed by atoms with Gasteiger partial charge in [-0.1, -0.05) is 17.7 Å². The second-order valence-electron chi connectivity index (χ2n) is 3.79. The zero-order valence-corrected chi connectivity index (χ0v) is 11.7. The van der Waals surface area contributed by atoms with Crippen LogP contribution in [0.3, 0.4) is 0 Å². The number of carbonyl (C=O) groups is 3. The summed E-state index contributed by atoms with van der Waals surface area (Å²) < 4.78 is 10.2. The maximum atomic E-state index is 11.0. The Labute approximate surface area is 124 Å². The first-order valence-corrected chi connectivity index (χ1v) is 5.97. The van der Waals surface area contributed by atoms with Gasteiger partial charge in [-0.05, 0) is 23.8 Å². The molecule has 0 spiro atoms. The van der Waals surface area contributed by atoms with Gasteiger partial charge in [-0.2, -0.15) is 0 Å². The summed E-state index contributed by atoms with van der Waals surface area (Å²) in [5.74, 6) is -2.97. The zero-order chi connectivity index (χ0) is 16.0. The van der Waals surface area contributed by atoms with E-state index in [2.05, 4.69) is 0 Å². The topological polar surface area (TPSA) is 116 Å². The number of nitrogens with two attached hydrogens (primary N) is 1. The van der Waals surface area contributed by atoms with E-state index in [1.807, 2.05) is 0 Å². The molecule has 0 atom stereocenters. The smallest absolute Gasteiger partial charge is 0.376 e. The first-order chi connectivity index (χ1) is 9.85. The minimum absolute atomic E-state index is 0.123. The zero-order valence-electron chi connectivity index (χ0n) is 11.0. The molecule has 0 bridgehead atoms. The first-order valence-electron chi connectivity index (χ1n) is 5.59. The number of hydrogen-bond acceptors (Lipinski definition) is 5. The van der Waals surface area contributed by atoms with Gasteiger partial charge in [0.05, 0.1) is 12.1 Å². The molecule has 112 valence electrons. The second-order valence-corrected chi connectivity index (χ2v) is 4.20. The summed E-state index contributed by atoms with van der Waals surface area (Å²) in [5, 5.41) is 8.59. The molecular weight excluding hydrogens is 302 g/mol. The number of benzene rings is 1. The molecule has 21 heavy (non-hydrogen) atoms. The highest BCUT2D eigenvalue weighted by molar-refractivity contribution is 6.38. The maximum absolute atomic E-state index is 11.0. The van der Waals surface area contributed by atoms with E-state index in [-0.39, 0.29) is 23.1 Å². The van der Waals surface area contributed by atoms with Gasteiger partial charge in [-0.3, -0.25) is 9.59 Å². The molecule has 3 N–H and O–H groups in total. The molecule has 0 aliphatic heterocycles. The summed E-state index contributed by atoms with van der Waals surface area (Å²) in [7, 11) is 1.36. The number of ketones is 1. The molecule has 1 aromatic rings. The Balaban J connectivity index is 3.05. The highest BCUT2D eigenvalue weighted by atomic mass is 35.5. The fraction of sp³-hybridized carbons (Fsp3) is 0.154. The Hall–Kier alpha value is -2.54. The third-order valence-corrected chi connectivity index (χ3v) is 2.53. The van der Waals surface area contributed by atoms with E-state index in [0.717, 1.165) is 6.08 Å². The van der Waals surface area contributed by atoms with Gasteiger partial charge >= 0.3 is 5.97 Å². The number of aliphatic carboxylic acids is 1. The molecular formula is C13H12ClNO6. The van der Waals surface area contributed by atoms with Gasteiger partial charge in [-0.15, -0.1) is 0 Å². The van der Waals surface area contributed by atoms with Crippen LogP contribution in [0.1, 0.15) is 5.56 Å². The number of hydrogen-bond donors (Lipinski definition) is 2. The summed E-state index contributed by atoms with van der Waals surface area (Å²) in [6, 6.07) is 2.89. The predicted octanol–water partition coefficient (Wildman–Crippen LogP) is 0.880. The van der Waals surface area contributed by atoms with E-state index in [1.165, 1.54) is 25.3 Å². The van der Waals surface area contributed by atoms with Crippen LogP contribution in [-0.4, -0.2) is 36.5 Å². The highest BCUT2D eigenvalue weighted by Crippen LogP contribution is 2.36. The van der Waals surface area contributed by atoms with Gasteiger partial charge in [0, 0.05) is 0 Å².